The van der Waals surface area contributed by atoms with Gasteiger partial charge in [0.05, 0.1) is 6.10 Å². The number of nitrogens with zero attached hydrogens (tertiary/aromatic N) is 1. The molecule has 1 amide bonds. The third-order valence-electron chi connectivity index (χ3n) is 3.38. The summed E-state index contributed by atoms with van der Waals surface area (Å²) in [5, 5.41) is 11.4. The molecule has 0 radical (unpaired) electrons. The van der Waals surface area contributed by atoms with Crippen molar-refractivity contribution >= 4 is 16.4 Å². The summed E-state index contributed by atoms with van der Waals surface area (Å²) in [6.45, 7) is 7.98. The molecule has 0 aromatic heterocycles. The normalized spacial score (nSPS) is 37.7. The van der Waals surface area contributed by atoms with Crippen molar-refractivity contribution in [3.63, 3.8) is 0 Å². The van der Waals surface area contributed by atoms with E-state index >= 15 is 0 Å². The van der Waals surface area contributed by atoms with Gasteiger partial charge in [-0.2, -0.15) is 0 Å². The molecule has 6 nitrogen and oxygen atoms in total. The van der Waals surface area contributed by atoms with Crippen molar-refractivity contribution in [2.45, 2.75) is 46.3 Å². The van der Waals surface area contributed by atoms with Crippen LogP contribution in [0.5, 0.6) is 0 Å². The smallest absolute Gasteiger partial charge is 0.442 e. The average molecular weight is 265 g/mol. The highest BCUT2D eigenvalue weighted by molar-refractivity contribution is 7.81. The van der Waals surface area contributed by atoms with Crippen molar-refractivity contribution in [3.05, 3.63) is 0 Å². The van der Waals surface area contributed by atoms with Gasteiger partial charge in [-0.15, -0.1) is 12.3 Å². The van der Waals surface area contributed by atoms with Gasteiger partial charge in [-0.05, 0) is 27.7 Å². The highest BCUT2D eigenvalue weighted by atomic mass is 32.2. The zero-order valence-electron chi connectivity index (χ0n) is 10.8. The van der Waals surface area contributed by atoms with Gasteiger partial charge in [-0.25, -0.2) is 4.18 Å². The summed E-state index contributed by atoms with van der Waals surface area (Å²) < 4.78 is 27.9. The van der Waals surface area contributed by atoms with E-state index in [-0.39, 0.29) is 12.5 Å². The molecule has 7 heteroatoms. The van der Waals surface area contributed by atoms with Gasteiger partial charge in [0.2, 0.25) is 0 Å². The number of carbonyl (C=O) groups is 1. The second-order valence-corrected chi connectivity index (χ2v) is 7.24. The van der Waals surface area contributed by atoms with Crippen molar-refractivity contribution in [2.24, 2.45) is 5.92 Å². The summed E-state index contributed by atoms with van der Waals surface area (Å²) in [5.74, 6) is -0.185. The molecule has 100 valence electrons. The van der Waals surface area contributed by atoms with Crippen LogP contribution in [-0.4, -0.2) is 36.6 Å². The third kappa shape index (κ3) is 1.96. The molecule has 0 N–H and O–H groups in total. The van der Waals surface area contributed by atoms with Crippen LogP contribution in [0.2, 0.25) is 0 Å². The Hall–Kier alpha value is -0.660. The van der Waals surface area contributed by atoms with Gasteiger partial charge >= 0.3 is 10.3 Å². The van der Waals surface area contributed by atoms with E-state index < -0.39 is 31.9 Å². The van der Waals surface area contributed by atoms with E-state index in [4.69, 9.17) is 4.18 Å². The number of quaternary nitrogens is 1. The van der Waals surface area contributed by atoms with Crippen LogP contribution in [0.3, 0.4) is 0 Å². The molecule has 1 aliphatic rings. The predicted octanol–water partition coefficient (Wildman–Crippen LogP) is 0.245. The molecular formula is C10H19NO5S. The van der Waals surface area contributed by atoms with Crippen molar-refractivity contribution in [1.29, 1.82) is 0 Å². The lowest BCUT2D eigenvalue weighted by molar-refractivity contribution is -0.819. The first-order chi connectivity index (χ1) is 7.46. The van der Waals surface area contributed by atoms with Gasteiger partial charge in [0.15, 0.2) is 0 Å². The van der Waals surface area contributed by atoms with Crippen LogP contribution in [0.1, 0.15) is 34.6 Å². The Morgan fingerprint density at radius 3 is 2.18 bits per heavy atom. The molecular weight excluding hydrogens is 246 g/mol. The highest BCUT2D eigenvalue weighted by Gasteiger charge is 2.59. The van der Waals surface area contributed by atoms with Gasteiger partial charge < -0.3 is 9.90 Å². The molecule has 1 heterocycles. The molecule has 1 aliphatic heterocycles. The number of carbonyl (C=O) groups excluding carboxylic acids is 1. The Morgan fingerprint density at radius 2 is 1.82 bits per heavy atom. The molecule has 0 aliphatic carbocycles. The number of hydrogen-bond acceptors (Lipinski definition) is 5. The van der Waals surface area contributed by atoms with Crippen molar-refractivity contribution in [3.8, 4) is 0 Å². The van der Waals surface area contributed by atoms with E-state index in [9.17, 15) is 18.3 Å². The fourth-order valence-electron chi connectivity index (χ4n) is 2.05. The Kier molecular flexibility index (Phi) is 3.33. The van der Waals surface area contributed by atoms with Gasteiger partial charge in [0.25, 0.3) is 6.09 Å². The zero-order chi connectivity index (χ0) is 13.6. The summed E-state index contributed by atoms with van der Waals surface area (Å²) in [5.41, 5.74) is -1.05. The summed E-state index contributed by atoms with van der Waals surface area (Å²) in [6, 6.07) is 0. The minimum Gasteiger partial charge on any atom is -0.497 e. The largest absolute Gasteiger partial charge is 0.497 e. The Balaban J connectivity index is 3.45. The topological polar surface area (TPSA) is 83.5 Å². The lowest BCUT2D eigenvalue weighted by Crippen LogP contribution is -2.74. The fourth-order valence-corrected chi connectivity index (χ4v) is 4.05. The molecule has 17 heavy (non-hydrogen) atoms. The molecule has 1 saturated heterocycles. The SMILES string of the molecule is CC1C[N+](C(=O)[O-])(C(C)(C)C)S(=O)(=O)OC1C. The van der Waals surface area contributed by atoms with Crippen LogP contribution in [0.25, 0.3) is 0 Å². The van der Waals surface area contributed by atoms with E-state index in [0.717, 1.165) is 0 Å². The van der Waals surface area contributed by atoms with Gasteiger partial charge in [-0.1, -0.05) is 6.92 Å². The summed E-state index contributed by atoms with van der Waals surface area (Å²) in [4.78, 5) is 11.4. The number of amides is 1. The monoisotopic (exact) mass is 265 g/mol. The Bertz CT molecular complexity index is 424. The van der Waals surface area contributed by atoms with E-state index in [1.54, 1.807) is 34.6 Å². The number of hydrogen-bond donors (Lipinski definition) is 0. The molecule has 0 saturated carbocycles. The molecule has 0 aromatic rings. The van der Waals surface area contributed by atoms with Crippen molar-refractivity contribution in [2.75, 3.05) is 6.54 Å². The molecule has 1 rings (SSSR count). The van der Waals surface area contributed by atoms with Crippen LogP contribution >= 0.6 is 0 Å². The second-order valence-electron chi connectivity index (χ2n) is 5.57. The van der Waals surface area contributed by atoms with Crippen molar-refractivity contribution < 1.29 is 26.4 Å². The average Bonchev–Trinajstić information content (AvgIpc) is 2.07. The number of rotatable bonds is 0. The zero-order valence-corrected chi connectivity index (χ0v) is 11.6. The molecule has 3 unspecified atom stereocenters. The van der Waals surface area contributed by atoms with Crippen LogP contribution in [0.4, 0.5) is 4.79 Å². The minimum absolute atomic E-state index is 0.0463. The molecule has 0 aromatic carbocycles. The molecule has 1 fully saturated rings. The first kappa shape index (κ1) is 14.4. The van der Waals surface area contributed by atoms with E-state index in [1.165, 1.54) is 0 Å². The minimum atomic E-state index is -4.25. The molecule has 3 atom stereocenters. The van der Waals surface area contributed by atoms with Crippen LogP contribution in [0, 0.1) is 5.92 Å². The summed E-state index contributed by atoms with van der Waals surface area (Å²) in [7, 11) is -4.25. The van der Waals surface area contributed by atoms with Crippen LogP contribution < -0.4 is 5.11 Å². The Labute approximate surface area is 102 Å². The first-order valence-corrected chi connectivity index (χ1v) is 6.85. The van der Waals surface area contributed by atoms with E-state index in [1.807, 2.05) is 0 Å². The van der Waals surface area contributed by atoms with Gasteiger partial charge in [0.1, 0.15) is 12.1 Å². The molecule has 0 spiro atoms. The Morgan fingerprint density at radius 1 is 1.35 bits per heavy atom. The van der Waals surface area contributed by atoms with Crippen LogP contribution in [0.15, 0.2) is 0 Å². The fraction of sp³-hybridized carbons (Fsp3) is 0.900. The second kappa shape index (κ2) is 3.93. The summed E-state index contributed by atoms with van der Waals surface area (Å²) in [6.07, 6.45) is -2.16. The van der Waals surface area contributed by atoms with Crippen LogP contribution in [-0.2, 0) is 14.5 Å². The standard InChI is InChI=1S/C10H19NO5S/c1-7-6-11(9(12)13,10(3,4)5)17(14,15)16-8(7)2/h7-8H,6H2,1-5H3. The van der Waals surface area contributed by atoms with E-state index in [2.05, 4.69) is 0 Å². The maximum Gasteiger partial charge on any atom is 0.442 e. The maximum absolute atomic E-state index is 12.1. The lowest BCUT2D eigenvalue weighted by Gasteiger charge is -2.49. The lowest BCUT2D eigenvalue weighted by atomic mass is 10.0. The van der Waals surface area contributed by atoms with Crippen molar-refractivity contribution in [1.82, 2.24) is 0 Å². The predicted molar refractivity (Wildman–Crippen MR) is 58.9 cm³/mol. The van der Waals surface area contributed by atoms with Gasteiger partial charge in [0, 0.05) is 5.92 Å². The van der Waals surface area contributed by atoms with Gasteiger partial charge in [-0.3, -0.25) is 0 Å². The highest BCUT2D eigenvalue weighted by Crippen LogP contribution is 2.37. The third-order valence-corrected chi connectivity index (χ3v) is 5.54. The maximum atomic E-state index is 12.1. The summed E-state index contributed by atoms with van der Waals surface area (Å²) >= 11 is 0. The first-order valence-electron chi connectivity index (χ1n) is 5.49. The van der Waals surface area contributed by atoms with E-state index in [0.29, 0.717) is 0 Å². The number of carboxylic acid groups (broad SMARTS) is 1. The quantitative estimate of drug-likeness (QED) is 0.586. The molecule has 0 bridgehead atoms.